The maximum atomic E-state index is 13.1. The minimum absolute atomic E-state index is 0.241. The number of nitrogens with one attached hydrogen (secondary N) is 3. The van der Waals surface area contributed by atoms with Crippen LogP contribution in [-0.4, -0.2) is 32.0 Å². The van der Waals surface area contributed by atoms with Crippen molar-refractivity contribution in [2.75, 3.05) is 25.5 Å². The predicted molar refractivity (Wildman–Crippen MR) is 151 cm³/mol. The molecule has 0 atom stereocenters. The van der Waals surface area contributed by atoms with Gasteiger partial charge in [0.1, 0.15) is 11.3 Å². The largest absolute Gasteiger partial charge is 0.455 e. The molecule has 1 aromatic heterocycles. The van der Waals surface area contributed by atoms with Crippen LogP contribution < -0.4 is 16.0 Å². The first-order valence-corrected chi connectivity index (χ1v) is 12.6. The zero-order chi connectivity index (χ0) is 27.4. The molecule has 4 aromatic rings. The molecule has 0 unspecified atom stereocenters. The Morgan fingerprint density at radius 2 is 1.74 bits per heavy atom. The molecular formula is C31H32N4O3. The number of rotatable bonds is 8. The lowest BCUT2D eigenvalue weighted by Crippen LogP contribution is -2.33. The molecule has 0 saturated carbocycles. The smallest absolute Gasteiger partial charge is 0.255 e. The van der Waals surface area contributed by atoms with Crippen molar-refractivity contribution in [2.45, 2.75) is 27.7 Å². The van der Waals surface area contributed by atoms with E-state index in [0.717, 1.165) is 27.9 Å². The van der Waals surface area contributed by atoms with E-state index in [9.17, 15) is 14.9 Å². The molecule has 0 fully saturated rings. The molecule has 0 aliphatic rings. The van der Waals surface area contributed by atoms with E-state index in [0.29, 0.717) is 34.4 Å². The van der Waals surface area contributed by atoms with Crippen LogP contribution in [0.2, 0.25) is 0 Å². The standard InChI is InChI=1S/C31H32N4O3/c1-6-34-25-16-26-24(27(30(37)33-5)28(38-26)20-12-10-19(2)11-13-20)15-23(25)21-8-7-9-22(14-21)29(36)35-18-31(3,4)17-32/h7-16,34H,6,18H2,1-5H3,(H,33,37)(H,35,36). The molecule has 7 heteroatoms. The van der Waals surface area contributed by atoms with E-state index in [1.165, 1.54) is 0 Å². The van der Waals surface area contributed by atoms with Crippen LogP contribution in [0.1, 0.15) is 47.1 Å². The van der Waals surface area contributed by atoms with E-state index in [2.05, 4.69) is 22.0 Å². The summed E-state index contributed by atoms with van der Waals surface area (Å²) in [6.07, 6.45) is 0. The molecule has 0 saturated heterocycles. The zero-order valence-corrected chi connectivity index (χ0v) is 22.4. The lowest BCUT2D eigenvalue weighted by atomic mass is 9.95. The average Bonchev–Trinajstić information content (AvgIpc) is 3.30. The molecule has 2 amide bonds. The molecule has 7 nitrogen and oxygen atoms in total. The summed E-state index contributed by atoms with van der Waals surface area (Å²) in [5.41, 5.74) is 5.29. The third-order valence-corrected chi connectivity index (χ3v) is 6.39. The molecule has 3 aromatic carbocycles. The molecule has 1 heterocycles. The third-order valence-electron chi connectivity index (χ3n) is 6.39. The van der Waals surface area contributed by atoms with Gasteiger partial charge in [-0.2, -0.15) is 5.26 Å². The summed E-state index contributed by atoms with van der Waals surface area (Å²) in [6, 6.07) is 21.2. The van der Waals surface area contributed by atoms with Gasteiger partial charge < -0.3 is 20.4 Å². The summed E-state index contributed by atoms with van der Waals surface area (Å²) in [5.74, 6) is 0.0131. The van der Waals surface area contributed by atoms with Gasteiger partial charge in [0.25, 0.3) is 11.8 Å². The van der Waals surface area contributed by atoms with Gasteiger partial charge in [-0.25, -0.2) is 0 Å². The van der Waals surface area contributed by atoms with Crippen LogP contribution in [-0.2, 0) is 0 Å². The first-order chi connectivity index (χ1) is 18.2. The number of fused-ring (bicyclic) bond motifs is 1. The van der Waals surface area contributed by atoms with E-state index in [1.54, 1.807) is 27.0 Å². The van der Waals surface area contributed by atoms with Crippen LogP contribution in [0, 0.1) is 23.7 Å². The van der Waals surface area contributed by atoms with Gasteiger partial charge in [0, 0.05) is 54.0 Å². The van der Waals surface area contributed by atoms with Gasteiger partial charge in [0.05, 0.1) is 17.0 Å². The summed E-state index contributed by atoms with van der Waals surface area (Å²) in [5, 5.41) is 18.9. The van der Waals surface area contributed by atoms with Crippen molar-refractivity contribution in [2.24, 2.45) is 5.41 Å². The Morgan fingerprint density at radius 1 is 1.00 bits per heavy atom. The summed E-state index contributed by atoms with van der Waals surface area (Å²) in [7, 11) is 1.60. The third kappa shape index (κ3) is 5.40. The minimum atomic E-state index is -0.663. The van der Waals surface area contributed by atoms with Crippen molar-refractivity contribution in [1.82, 2.24) is 10.6 Å². The topological polar surface area (TPSA) is 107 Å². The van der Waals surface area contributed by atoms with Crippen molar-refractivity contribution in [3.8, 4) is 28.5 Å². The fourth-order valence-corrected chi connectivity index (χ4v) is 4.25. The van der Waals surface area contributed by atoms with Crippen molar-refractivity contribution < 1.29 is 14.0 Å². The number of benzene rings is 3. The van der Waals surface area contributed by atoms with Crippen LogP contribution in [0.5, 0.6) is 0 Å². The van der Waals surface area contributed by atoms with Gasteiger partial charge in [0.2, 0.25) is 0 Å². The van der Waals surface area contributed by atoms with Crippen molar-refractivity contribution >= 4 is 28.5 Å². The molecular weight excluding hydrogens is 476 g/mol. The van der Waals surface area contributed by atoms with Crippen LogP contribution in [0.25, 0.3) is 33.4 Å². The normalized spacial score (nSPS) is 11.2. The molecule has 0 radical (unpaired) electrons. The zero-order valence-electron chi connectivity index (χ0n) is 22.4. The molecule has 0 aliphatic carbocycles. The second-order valence-electron chi connectivity index (χ2n) is 9.93. The Labute approximate surface area is 222 Å². The number of hydrogen-bond acceptors (Lipinski definition) is 5. The van der Waals surface area contributed by atoms with Gasteiger partial charge >= 0.3 is 0 Å². The second kappa shape index (κ2) is 10.8. The van der Waals surface area contributed by atoms with Gasteiger partial charge in [-0.05, 0) is 51.5 Å². The number of hydrogen-bond donors (Lipinski definition) is 3. The highest BCUT2D eigenvalue weighted by Gasteiger charge is 2.24. The van der Waals surface area contributed by atoms with Gasteiger partial charge in [0.15, 0.2) is 0 Å². The molecule has 0 spiro atoms. The fourth-order valence-electron chi connectivity index (χ4n) is 4.25. The quantitative estimate of drug-likeness (QED) is 0.265. The Bertz CT molecular complexity index is 1540. The van der Waals surface area contributed by atoms with Gasteiger partial charge in [-0.15, -0.1) is 0 Å². The molecule has 3 N–H and O–H groups in total. The molecule has 194 valence electrons. The lowest BCUT2D eigenvalue weighted by molar-refractivity contribution is 0.0941. The van der Waals surface area contributed by atoms with Crippen molar-refractivity contribution in [3.05, 3.63) is 77.4 Å². The second-order valence-corrected chi connectivity index (χ2v) is 9.93. The van der Waals surface area contributed by atoms with Crippen LogP contribution in [0.3, 0.4) is 0 Å². The maximum absolute atomic E-state index is 13.1. The van der Waals surface area contributed by atoms with Crippen LogP contribution >= 0.6 is 0 Å². The number of carbonyl (C=O) groups excluding carboxylic acids is 2. The number of nitriles is 1. The Kier molecular flexibility index (Phi) is 7.54. The SMILES string of the molecule is CCNc1cc2oc(-c3ccc(C)cc3)c(C(=O)NC)c2cc1-c1cccc(C(=O)NCC(C)(C)C#N)c1. The van der Waals surface area contributed by atoms with Crippen LogP contribution in [0.15, 0.2) is 65.1 Å². The maximum Gasteiger partial charge on any atom is 0.255 e. The summed E-state index contributed by atoms with van der Waals surface area (Å²) >= 11 is 0. The van der Waals surface area contributed by atoms with Crippen LogP contribution in [0.4, 0.5) is 5.69 Å². The number of aryl methyl sites for hydroxylation is 1. The highest BCUT2D eigenvalue weighted by molar-refractivity contribution is 6.13. The number of anilines is 1. The Morgan fingerprint density at radius 3 is 2.39 bits per heavy atom. The van der Waals surface area contributed by atoms with Gasteiger partial charge in [-0.1, -0.05) is 42.0 Å². The molecule has 38 heavy (non-hydrogen) atoms. The van der Waals surface area contributed by atoms with E-state index < -0.39 is 5.41 Å². The summed E-state index contributed by atoms with van der Waals surface area (Å²) in [6.45, 7) is 8.49. The average molecular weight is 509 g/mol. The van der Waals surface area contributed by atoms with E-state index >= 15 is 0 Å². The number of nitrogens with zero attached hydrogens (tertiary/aromatic N) is 1. The Balaban J connectivity index is 1.85. The van der Waals surface area contributed by atoms with Crippen molar-refractivity contribution in [3.63, 3.8) is 0 Å². The monoisotopic (exact) mass is 508 g/mol. The fraction of sp³-hybridized carbons (Fsp3) is 0.258. The Hall–Kier alpha value is -4.57. The molecule has 0 bridgehead atoms. The van der Waals surface area contributed by atoms with Crippen molar-refractivity contribution in [1.29, 1.82) is 5.26 Å². The summed E-state index contributed by atoms with van der Waals surface area (Å²) < 4.78 is 6.27. The van der Waals surface area contributed by atoms with E-state index in [4.69, 9.17) is 4.42 Å². The number of carbonyl (C=O) groups is 2. The molecule has 0 aliphatic heterocycles. The summed E-state index contributed by atoms with van der Waals surface area (Å²) in [4.78, 5) is 25.9. The first kappa shape index (κ1) is 26.5. The first-order valence-electron chi connectivity index (χ1n) is 12.6. The molecule has 4 rings (SSSR count). The minimum Gasteiger partial charge on any atom is -0.455 e. The predicted octanol–water partition coefficient (Wildman–Crippen LogP) is 6.15. The van der Waals surface area contributed by atoms with E-state index in [-0.39, 0.29) is 18.4 Å². The lowest BCUT2D eigenvalue weighted by Gasteiger charge is -2.16. The number of amides is 2. The number of furan rings is 1. The highest BCUT2D eigenvalue weighted by atomic mass is 16.3. The van der Waals surface area contributed by atoms with Gasteiger partial charge in [-0.3, -0.25) is 9.59 Å². The van der Waals surface area contributed by atoms with E-state index in [1.807, 2.05) is 68.4 Å². The highest BCUT2D eigenvalue weighted by Crippen LogP contribution is 2.40.